The summed E-state index contributed by atoms with van der Waals surface area (Å²) in [7, 11) is -3.18. The highest BCUT2D eigenvalue weighted by molar-refractivity contribution is 7.91. The predicted octanol–water partition coefficient (Wildman–Crippen LogP) is 0.0354. The molecule has 0 amide bonds. The van der Waals surface area contributed by atoms with Crippen molar-refractivity contribution in [3.8, 4) is 6.07 Å². The molecule has 0 aromatic heterocycles. The summed E-state index contributed by atoms with van der Waals surface area (Å²) in [6.07, 6.45) is -1.13. The van der Waals surface area contributed by atoms with Crippen LogP contribution in [0.5, 0.6) is 0 Å². The average molecular weight is 221 g/mol. The van der Waals surface area contributed by atoms with Gasteiger partial charge in [0, 0.05) is 0 Å². The van der Waals surface area contributed by atoms with Crippen molar-refractivity contribution in [2.24, 2.45) is 5.41 Å². The van der Waals surface area contributed by atoms with E-state index < -0.39 is 28.0 Å². The molecule has 2 atom stereocenters. The molecule has 1 fully saturated rings. The van der Waals surface area contributed by atoms with E-state index in [4.69, 9.17) is 10.4 Å². The first kappa shape index (κ1) is 11.4. The summed E-state index contributed by atoms with van der Waals surface area (Å²) >= 11 is 0. The molecule has 0 aliphatic carbocycles. The maximum Gasteiger partial charge on any atom is 0.151 e. The number of hydrogen-bond acceptors (Lipinski definition) is 4. The number of hydrogen-bond donors (Lipinski definition) is 1. The number of aliphatic hydroxyl groups excluding tert-OH is 1. The molecule has 0 aromatic rings. The molecular formula is C8H12FNO3S. The second-order valence-corrected chi connectivity index (χ2v) is 5.93. The Labute approximate surface area is 82.3 Å². The third kappa shape index (κ3) is 2.42. The van der Waals surface area contributed by atoms with Crippen LogP contribution in [0.3, 0.4) is 0 Å². The fourth-order valence-electron chi connectivity index (χ4n) is 1.72. The van der Waals surface area contributed by atoms with Crippen molar-refractivity contribution in [1.29, 1.82) is 5.26 Å². The second-order valence-electron chi connectivity index (χ2n) is 3.75. The SMILES string of the molecule is N#CC1(CC(O)CF)CCS(=O)(=O)C1. The molecule has 80 valence electrons. The molecule has 14 heavy (non-hydrogen) atoms. The molecule has 1 rings (SSSR count). The fraction of sp³-hybridized carbons (Fsp3) is 0.875. The summed E-state index contributed by atoms with van der Waals surface area (Å²) < 4.78 is 34.3. The summed E-state index contributed by atoms with van der Waals surface area (Å²) in [6.45, 7) is -0.941. The lowest BCUT2D eigenvalue weighted by Crippen LogP contribution is -2.27. The molecular weight excluding hydrogens is 209 g/mol. The van der Waals surface area contributed by atoms with Crippen LogP contribution < -0.4 is 0 Å². The number of alkyl halides is 1. The molecule has 1 aliphatic rings. The van der Waals surface area contributed by atoms with Crippen LogP contribution in [0.15, 0.2) is 0 Å². The molecule has 1 N–H and O–H groups in total. The minimum atomic E-state index is -3.18. The highest BCUT2D eigenvalue weighted by Crippen LogP contribution is 2.36. The van der Waals surface area contributed by atoms with E-state index in [-0.39, 0.29) is 24.3 Å². The lowest BCUT2D eigenvalue weighted by Gasteiger charge is -2.20. The topological polar surface area (TPSA) is 78.2 Å². The Bertz CT molecular complexity index is 348. The quantitative estimate of drug-likeness (QED) is 0.729. The largest absolute Gasteiger partial charge is 0.390 e. The number of halogens is 1. The fourth-order valence-corrected chi connectivity index (χ4v) is 3.73. The van der Waals surface area contributed by atoms with Gasteiger partial charge >= 0.3 is 0 Å². The van der Waals surface area contributed by atoms with Crippen LogP contribution in [0, 0.1) is 16.7 Å². The van der Waals surface area contributed by atoms with E-state index in [1.54, 1.807) is 0 Å². The van der Waals surface area contributed by atoms with Gasteiger partial charge in [-0.2, -0.15) is 5.26 Å². The van der Waals surface area contributed by atoms with Crippen molar-refractivity contribution in [2.75, 3.05) is 18.2 Å². The van der Waals surface area contributed by atoms with E-state index in [0.29, 0.717) is 0 Å². The Kier molecular flexibility index (Phi) is 3.12. The molecule has 1 heterocycles. The Morgan fingerprint density at radius 1 is 1.64 bits per heavy atom. The predicted molar refractivity (Wildman–Crippen MR) is 47.9 cm³/mol. The van der Waals surface area contributed by atoms with Gasteiger partial charge in [-0.25, -0.2) is 12.8 Å². The number of nitrogens with zero attached hydrogens (tertiary/aromatic N) is 1. The normalized spacial score (nSPS) is 32.4. The number of nitriles is 1. The molecule has 6 heteroatoms. The summed E-state index contributed by atoms with van der Waals surface area (Å²) in [5.74, 6) is -0.298. The van der Waals surface area contributed by atoms with Crippen LogP contribution in [-0.4, -0.2) is 37.8 Å². The van der Waals surface area contributed by atoms with E-state index in [0.717, 1.165) is 0 Å². The van der Waals surface area contributed by atoms with E-state index in [9.17, 15) is 12.8 Å². The molecule has 4 nitrogen and oxygen atoms in total. The maximum atomic E-state index is 12.0. The van der Waals surface area contributed by atoms with Crippen molar-refractivity contribution >= 4 is 9.84 Å². The molecule has 0 bridgehead atoms. The second kappa shape index (κ2) is 3.83. The van der Waals surface area contributed by atoms with Crippen LogP contribution >= 0.6 is 0 Å². The molecule has 0 radical (unpaired) electrons. The summed E-state index contributed by atoms with van der Waals surface area (Å²) in [5, 5.41) is 17.9. The first-order chi connectivity index (χ1) is 6.43. The summed E-state index contributed by atoms with van der Waals surface area (Å²) in [5.41, 5.74) is -1.08. The van der Waals surface area contributed by atoms with Crippen LogP contribution in [0.4, 0.5) is 4.39 Å². The zero-order valence-corrected chi connectivity index (χ0v) is 8.43. The van der Waals surface area contributed by atoms with Crippen LogP contribution in [0.25, 0.3) is 0 Å². The Morgan fingerprint density at radius 3 is 2.64 bits per heavy atom. The van der Waals surface area contributed by atoms with Gasteiger partial charge in [-0.3, -0.25) is 0 Å². The Balaban J connectivity index is 2.77. The molecule has 0 aromatic carbocycles. The van der Waals surface area contributed by atoms with Gasteiger partial charge in [-0.1, -0.05) is 0 Å². The van der Waals surface area contributed by atoms with Crippen LogP contribution in [0.2, 0.25) is 0 Å². The van der Waals surface area contributed by atoms with Gasteiger partial charge < -0.3 is 5.11 Å². The minimum Gasteiger partial charge on any atom is -0.390 e. The minimum absolute atomic E-state index is 0.0421. The zero-order valence-electron chi connectivity index (χ0n) is 7.61. The van der Waals surface area contributed by atoms with E-state index >= 15 is 0 Å². The monoisotopic (exact) mass is 221 g/mol. The maximum absolute atomic E-state index is 12.0. The van der Waals surface area contributed by atoms with Crippen molar-refractivity contribution < 1.29 is 17.9 Å². The van der Waals surface area contributed by atoms with Gasteiger partial charge in [0.1, 0.15) is 6.67 Å². The van der Waals surface area contributed by atoms with Crippen molar-refractivity contribution in [1.82, 2.24) is 0 Å². The zero-order chi connectivity index (χ0) is 10.8. The molecule has 0 spiro atoms. The molecule has 1 aliphatic heterocycles. The first-order valence-corrected chi connectivity index (χ1v) is 6.11. The summed E-state index contributed by atoms with van der Waals surface area (Å²) in [6, 6.07) is 1.89. The summed E-state index contributed by atoms with van der Waals surface area (Å²) in [4.78, 5) is 0. The highest BCUT2D eigenvalue weighted by atomic mass is 32.2. The molecule has 2 unspecified atom stereocenters. The van der Waals surface area contributed by atoms with Crippen molar-refractivity contribution in [2.45, 2.75) is 18.9 Å². The van der Waals surface area contributed by atoms with Crippen LogP contribution in [-0.2, 0) is 9.84 Å². The van der Waals surface area contributed by atoms with Gasteiger partial charge in [0.15, 0.2) is 9.84 Å². The lowest BCUT2D eigenvalue weighted by atomic mass is 9.84. The molecule has 1 saturated heterocycles. The van der Waals surface area contributed by atoms with Gasteiger partial charge in [-0.15, -0.1) is 0 Å². The van der Waals surface area contributed by atoms with E-state index in [1.165, 1.54) is 0 Å². The third-order valence-electron chi connectivity index (χ3n) is 2.43. The first-order valence-electron chi connectivity index (χ1n) is 4.29. The number of aliphatic hydroxyl groups is 1. The van der Waals surface area contributed by atoms with Gasteiger partial charge in [0.25, 0.3) is 0 Å². The third-order valence-corrected chi connectivity index (χ3v) is 4.25. The van der Waals surface area contributed by atoms with Crippen molar-refractivity contribution in [3.05, 3.63) is 0 Å². The number of rotatable bonds is 3. The van der Waals surface area contributed by atoms with Crippen molar-refractivity contribution in [3.63, 3.8) is 0 Å². The van der Waals surface area contributed by atoms with Gasteiger partial charge in [-0.05, 0) is 12.8 Å². The lowest BCUT2D eigenvalue weighted by molar-refractivity contribution is 0.102. The smallest absolute Gasteiger partial charge is 0.151 e. The van der Waals surface area contributed by atoms with E-state index in [1.807, 2.05) is 6.07 Å². The van der Waals surface area contributed by atoms with Gasteiger partial charge in [0.2, 0.25) is 0 Å². The van der Waals surface area contributed by atoms with Gasteiger partial charge in [0.05, 0.1) is 29.1 Å². The molecule has 0 saturated carbocycles. The standard InChI is InChI=1S/C8H12FNO3S/c9-4-7(11)3-8(5-10)1-2-14(12,13)6-8/h7,11H,1-4,6H2. The van der Waals surface area contributed by atoms with Crippen LogP contribution in [0.1, 0.15) is 12.8 Å². The Morgan fingerprint density at radius 2 is 2.29 bits per heavy atom. The average Bonchev–Trinajstić information content (AvgIpc) is 2.42. The Hall–Kier alpha value is -0.670. The number of sulfone groups is 1. The highest BCUT2D eigenvalue weighted by Gasteiger charge is 2.43. The van der Waals surface area contributed by atoms with E-state index in [2.05, 4.69) is 0 Å².